The van der Waals surface area contributed by atoms with Crippen LogP contribution in [0.15, 0.2) is 29.1 Å². The maximum atomic E-state index is 11.0. The van der Waals surface area contributed by atoms with Crippen molar-refractivity contribution >= 4 is 45.1 Å². The minimum absolute atomic E-state index is 0.107. The number of nitrogens with one attached hydrogen (secondary N) is 1. The molecule has 0 bridgehead atoms. The second kappa shape index (κ2) is 3.31. The standard InChI is InChI=1S/C9H5ClINO/c10-9-5-1-4-8(13)12-7(5)3-2-6(9)11/h1-4H,(H,12,13). The number of aromatic amines is 1. The van der Waals surface area contributed by atoms with Crippen LogP contribution >= 0.6 is 34.2 Å². The molecule has 1 N–H and O–H groups in total. The Bertz CT molecular complexity index is 520. The molecule has 0 radical (unpaired) electrons. The van der Waals surface area contributed by atoms with Crippen LogP contribution in [0.1, 0.15) is 0 Å². The van der Waals surface area contributed by atoms with Crippen molar-refractivity contribution in [3.8, 4) is 0 Å². The highest BCUT2D eigenvalue weighted by atomic mass is 127. The molecular weight excluding hydrogens is 300 g/mol. The Morgan fingerprint density at radius 1 is 1.23 bits per heavy atom. The minimum Gasteiger partial charge on any atom is -0.322 e. The molecule has 2 aromatic rings. The predicted octanol–water partition coefficient (Wildman–Crippen LogP) is 2.79. The quantitative estimate of drug-likeness (QED) is 0.746. The van der Waals surface area contributed by atoms with Gasteiger partial charge in [0.15, 0.2) is 0 Å². The lowest BCUT2D eigenvalue weighted by atomic mass is 10.2. The number of aromatic nitrogens is 1. The van der Waals surface area contributed by atoms with Crippen molar-refractivity contribution in [2.24, 2.45) is 0 Å². The first-order valence-corrected chi connectivity index (χ1v) is 5.11. The molecule has 2 rings (SSSR count). The van der Waals surface area contributed by atoms with E-state index in [1.165, 1.54) is 6.07 Å². The van der Waals surface area contributed by atoms with Crippen LogP contribution in [-0.2, 0) is 0 Å². The fraction of sp³-hybridized carbons (Fsp3) is 0. The molecule has 1 heterocycles. The van der Waals surface area contributed by atoms with Crippen LogP contribution in [0.5, 0.6) is 0 Å². The van der Waals surface area contributed by atoms with Gasteiger partial charge in [-0.3, -0.25) is 4.79 Å². The summed E-state index contributed by atoms with van der Waals surface area (Å²) in [6, 6.07) is 6.94. The third kappa shape index (κ3) is 1.58. The highest BCUT2D eigenvalue weighted by molar-refractivity contribution is 14.1. The van der Waals surface area contributed by atoms with Crippen LogP contribution in [-0.4, -0.2) is 4.98 Å². The van der Waals surface area contributed by atoms with E-state index in [1.54, 1.807) is 6.07 Å². The molecule has 0 spiro atoms. The van der Waals surface area contributed by atoms with E-state index in [4.69, 9.17) is 11.6 Å². The number of H-pyrrole nitrogens is 1. The van der Waals surface area contributed by atoms with Crippen molar-refractivity contribution in [1.29, 1.82) is 0 Å². The van der Waals surface area contributed by atoms with Gasteiger partial charge in [0.05, 0.1) is 5.02 Å². The van der Waals surface area contributed by atoms with Crippen molar-refractivity contribution in [3.63, 3.8) is 0 Å². The predicted molar refractivity (Wildman–Crippen MR) is 62.3 cm³/mol. The largest absolute Gasteiger partial charge is 0.322 e. The topological polar surface area (TPSA) is 32.9 Å². The van der Waals surface area contributed by atoms with Crippen LogP contribution in [0.25, 0.3) is 10.9 Å². The van der Waals surface area contributed by atoms with Gasteiger partial charge in [-0.15, -0.1) is 0 Å². The van der Waals surface area contributed by atoms with E-state index in [9.17, 15) is 4.79 Å². The lowest BCUT2D eigenvalue weighted by molar-refractivity contribution is 1.31. The highest BCUT2D eigenvalue weighted by Gasteiger charge is 2.02. The Hall–Kier alpha value is -0.550. The summed E-state index contributed by atoms with van der Waals surface area (Å²) in [6.07, 6.45) is 0. The number of fused-ring (bicyclic) bond motifs is 1. The molecule has 0 aliphatic rings. The van der Waals surface area contributed by atoms with Gasteiger partial charge in [-0.25, -0.2) is 0 Å². The maximum Gasteiger partial charge on any atom is 0.248 e. The Kier molecular flexibility index (Phi) is 2.29. The lowest BCUT2D eigenvalue weighted by Crippen LogP contribution is -2.02. The number of pyridine rings is 1. The molecule has 0 saturated carbocycles. The van der Waals surface area contributed by atoms with Gasteiger partial charge in [0.25, 0.3) is 0 Å². The molecule has 1 aromatic heterocycles. The normalized spacial score (nSPS) is 10.6. The van der Waals surface area contributed by atoms with Crippen molar-refractivity contribution in [2.75, 3.05) is 0 Å². The van der Waals surface area contributed by atoms with Crippen molar-refractivity contribution in [2.45, 2.75) is 0 Å². The molecule has 2 nitrogen and oxygen atoms in total. The monoisotopic (exact) mass is 305 g/mol. The second-order valence-electron chi connectivity index (χ2n) is 2.65. The van der Waals surface area contributed by atoms with Crippen molar-refractivity contribution < 1.29 is 0 Å². The molecule has 0 fully saturated rings. The number of benzene rings is 1. The highest BCUT2D eigenvalue weighted by Crippen LogP contribution is 2.26. The third-order valence-electron chi connectivity index (χ3n) is 1.79. The summed E-state index contributed by atoms with van der Waals surface area (Å²) in [6.45, 7) is 0. The zero-order valence-electron chi connectivity index (χ0n) is 6.47. The lowest BCUT2D eigenvalue weighted by Gasteiger charge is -2.00. The van der Waals surface area contributed by atoms with Gasteiger partial charge >= 0.3 is 0 Å². The molecule has 0 aliphatic carbocycles. The van der Waals surface area contributed by atoms with E-state index in [1.807, 2.05) is 12.1 Å². The average molecular weight is 306 g/mol. The van der Waals surface area contributed by atoms with Gasteiger partial charge in [-0.05, 0) is 40.8 Å². The van der Waals surface area contributed by atoms with Crippen LogP contribution in [0.3, 0.4) is 0 Å². The van der Waals surface area contributed by atoms with Gasteiger partial charge in [-0.2, -0.15) is 0 Å². The molecular formula is C9H5ClINO. The fourth-order valence-corrected chi connectivity index (χ4v) is 1.87. The second-order valence-corrected chi connectivity index (χ2v) is 4.19. The molecule has 1 aromatic carbocycles. The van der Waals surface area contributed by atoms with Crippen LogP contribution in [0, 0.1) is 3.57 Å². The first-order chi connectivity index (χ1) is 6.18. The number of halogens is 2. The molecule has 0 amide bonds. The smallest absolute Gasteiger partial charge is 0.248 e. The number of rotatable bonds is 0. The molecule has 0 aliphatic heterocycles. The molecule has 66 valence electrons. The van der Waals surface area contributed by atoms with E-state index in [-0.39, 0.29) is 5.56 Å². The van der Waals surface area contributed by atoms with Gasteiger partial charge in [0.1, 0.15) is 0 Å². The zero-order valence-corrected chi connectivity index (χ0v) is 9.39. The molecule has 4 heteroatoms. The molecule has 0 saturated heterocycles. The Labute approximate surface area is 93.1 Å². The van der Waals surface area contributed by atoms with Crippen molar-refractivity contribution in [1.82, 2.24) is 4.98 Å². The van der Waals surface area contributed by atoms with Crippen LogP contribution in [0.4, 0.5) is 0 Å². The van der Waals surface area contributed by atoms with E-state index < -0.39 is 0 Å². The number of hydrogen-bond donors (Lipinski definition) is 1. The minimum atomic E-state index is -0.107. The number of hydrogen-bond acceptors (Lipinski definition) is 1. The van der Waals surface area contributed by atoms with E-state index in [0.29, 0.717) is 5.02 Å². The summed E-state index contributed by atoms with van der Waals surface area (Å²) in [4.78, 5) is 13.7. The molecule has 13 heavy (non-hydrogen) atoms. The van der Waals surface area contributed by atoms with E-state index >= 15 is 0 Å². The summed E-state index contributed by atoms with van der Waals surface area (Å²) in [5, 5.41) is 1.57. The van der Waals surface area contributed by atoms with Gasteiger partial charge in [0, 0.05) is 20.5 Å². The van der Waals surface area contributed by atoms with Crippen LogP contribution in [0.2, 0.25) is 5.02 Å². The summed E-state index contributed by atoms with van der Waals surface area (Å²) in [5.41, 5.74) is 0.669. The summed E-state index contributed by atoms with van der Waals surface area (Å²) < 4.78 is 0.985. The first kappa shape index (κ1) is 9.02. The van der Waals surface area contributed by atoms with Crippen LogP contribution < -0.4 is 5.56 Å². The maximum absolute atomic E-state index is 11.0. The van der Waals surface area contributed by atoms with Gasteiger partial charge in [-0.1, -0.05) is 11.6 Å². The van der Waals surface area contributed by atoms with Gasteiger partial charge in [0.2, 0.25) is 5.56 Å². The van der Waals surface area contributed by atoms with E-state index in [2.05, 4.69) is 27.6 Å². The van der Waals surface area contributed by atoms with Crippen molar-refractivity contribution in [3.05, 3.63) is 43.2 Å². The fourth-order valence-electron chi connectivity index (χ4n) is 1.17. The molecule has 0 unspecified atom stereocenters. The average Bonchev–Trinajstić information content (AvgIpc) is 2.12. The molecule has 0 atom stereocenters. The SMILES string of the molecule is O=c1ccc2c(Cl)c(I)ccc2[nH]1. The Balaban J connectivity index is 2.95. The Morgan fingerprint density at radius 3 is 2.77 bits per heavy atom. The zero-order chi connectivity index (χ0) is 9.42. The third-order valence-corrected chi connectivity index (χ3v) is 3.42. The summed E-state index contributed by atoms with van der Waals surface area (Å²) in [5.74, 6) is 0. The summed E-state index contributed by atoms with van der Waals surface area (Å²) >= 11 is 8.21. The first-order valence-electron chi connectivity index (χ1n) is 3.65. The van der Waals surface area contributed by atoms with Gasteiger partial charge < -0.3 is 4.98 Å². The summed E-state index contributed by atoms with van der Waals surface area (Å²) in [7, 11) is 0. The Morgan fingerprint density at radius 2 is 2.00 bits per heavy atom. The van der Waals surface area contributed by atoms with E-state index in [0.717, 1.165) is 14.5 Å².